The van der Waals surface area contributed by atoms with Crippen molar-refractivity contribution < 1.29 is 13.0 Å². The van der Waals surface area contributed by atoms with Gasteiger partial charge in [0.2, 0.25) is 0 Å². The third-order valence-electron chi connectivity index (χ3n) is 3.25. The van der Waals surface area contributed by atoms with Gasteiger partial charge in [-0.05, 0) is 25.7 Å². The summed E-state index contributed by atoms with van der Waals surface area (Å²) in [7, 11) is -2.96. The minimum absolute atomic E-state index is 0.265. The fraction of sp³-hybridized carbons (Fsp3) is 1.00. The summed E-state index contributed by atoms with van der Waals surface area (Å²) in [4.78, 5) is 0. The number of hydrogen-bond donors (Lipinski definition) is 2. The van der Waals surface area contributed by atoms with Crippen molar-refractivity contribution in [1.82, 2.24) is 4.72 Å². The molecule has 0 heterocycles. The first-order valence-electron chi connectivity index (χ1n) is 5.29. The van der Waals surface area contributed by atoms with E-state index in [1.165, 1.54) is 6.26 Å². The Hall–Kier alpha value is 0.180. The van der Waals surface area contributed by atoms with Gasteiger partial charge < -0.3 is 10.3 Å². The Labute approximate surface area is 100 Å². The molecular formula is C9H20N2O3S2. The second kappa shape index (κ2) is 5.22. The molecule has 0 saturated heterocycles. The van der Waals surface area contributed by atoms with E-state index in [9.17, 15) is 13.0 Å². The monoisotopic (exact) mass is 268 g/mol. The molecule has 5 nitrogen and oxygen atoms in total. The molecular weight excluding hydrogens is 248 g/mol. The summed E-state index contributed by atoms with van der Waals surface area (Å²) in [6.45, 7) is 0.392. The zero-order valence-electron chi connectivity index (χ0n) is 9.73. The molecule has 1 unspecified atom stereocenters. The Balaban J connectivity index is 2.64. The van der Waals surface area contributed by atoms with E-state index >= 15 is 0 Å². The average molecular weight is 268 g/mol. The molecule has 0 aromatic heterocycles. The lowest BCUT2D eigenvalue weighted by atomic mass is 9.82. The standard InChI is InChI=1S/C9H20N2O3S2/c1-15(12)11-9(7-10)5-3-8(4-6-9)16(2,13)14/h8,11H,3-7,10H2,1-2H3. The molecule has 0 spiro atoms. The summed E-state index contributed by atoms with van der Waals surface area (Å²) in [6, 6.07) is 0. The lowest BCUT2D eigenvalue weighted by Crippen LogP contribution is -2.56. The molecule has 0 aliphatic heterocycles. The summed E-state index contributed by atoms with van der Waals surface area (Å²) in [5, 5.41) is -0.265. The molecule has 96 valence electrons. The van der Waals surface area contributed by atoms with Crippen LogP contribution in [-0.4, -0.2) is 42.8 Å². The van der Waals surface area contributed by atoms with Crippen LogP contribution in [0.2, 0.25) is 0 Å². The van der Waals surface area contributed by atoms with Crippen molar-refractivity contribution >= 4 is 21.2 Å². The summed E-state index contributed by atoms with van der Waals surface area (Å²) >= 11 is -1.11. The van der Waals surface area contributed by atoms with Crippen LogP contribution < -0.4 is 10.5 Å². The Bertz CT molecular complexity index is 322. The molecule has 16 heavy (non-hydrogen) atoms. The van der Waals surface area contributed by atoms with Crippen molar-refractivity contribution in [2.24, 2.45) is 5.73 Å². The number of nitrogens with two attached hydrogens (primary N) is 1. The smallest absolute Gasteiger partial charge is 0.150 e. The van der Waals surface area contributed by atoms with E-state index < -0.39 is 21.2 Å². The van der Waals surface area contributed by atoms with Crippen LogP contribution in [-0.2, 0) is 21.2 Å². The average Bonchev–Trinajstić information content (AvgIpc) is 2.16. The van der Waals surface area contributed by atoms with Gasteiger partial charge in [-0.15, -0.1) is 4.72 Å². The largest absolute Gasteiger partial charge is 0.598 e. The molecule has 1 atom stereocenters. The van der Waals surface area contributed by atoms with Crippen molar-refractivity contribution in [3.63, 3.8) is 0 Å². The fourth-order valence-electron chi connectivity index (χ4n) is 2.22. The zero-order valence-corrected chi connectivity index (χ0v) is 11.4. The van der Waals surface area contributed by atoms with Crippen molar-refractivity contribution in [2.45, 2.75) is 36.5 Å². The second-order valence-corrected chi connectivity index (χ2v) is 8.01. The van der Waals surface area contributed by atoms with Gasteiger partial charge >= 0.3 is 0 Å². The maximum atomic E-state index is 11.4. The molecule has 3 N–H and O–H groups in total. The van der Waals surface area contributed by atoms with Gasteiger partial charge in [-0.3, -0.25) is 0 Å². The normalized spacial score (nSPS) is 33.6. The molecule has 1 aliphatic rings. The van der Waals surface area contributed by atoms with Crippen LogP contribution in [0, 0.1) is 0 Å². The van der Waals surface area contributed by atoms with Gasteiger partial charge in [-0.2, -0.15) is 0 Å². The van der Waals surface area contributed by atoms with Crippen LogP contribution in [0.4, 0.5) is 0 Å². The highest BCUT2D eigenvalue weighted by molar-refractivity contribution is 7.91. The quantitative estimate of drug-likeness (QED) is 0.674. The van der Waals surface area contributed by atoms with Gasteiger partial charge in [0.15, 0.2) is 0 Å². The molecule has 1 rings (SSSR count). The van der Waals surface area contributed by atoms with Crippen LogP contribution in [0.15, 0.2) is 0 Å². The highest BCUT2D eigenvalue weighted by atomic mass is 32.2. The predicted octanol–water partition coefficient (Wildman–Crippen LogP) is -0.446. The third kappa shape index (κ3) is 3.59. The first-order chi connectivity index (χ1) is 7.29. The highest BCUT2D eigenvalue weighted by Crippen LogP contribution is 2.31. The van der Waals surface area contributed by atoms with E-state index in [1.54, 1.807) is 6.26 Å². The van der Waals surface area contributed by atoms with E-state index in [0.29, 0.717) is 32.2 Å². The molecule has 0 amide bonds. The highest BCUT2D eigenvalue weighted by Gasteiger charge is 2.39. The molecule has 0 aromatic carbocycles. The van der Waals surface area contributed by atoms with E-state index in [1.807, 2.05) is 0 Å². The molecule has 0 aromatic rings. The molecule has 1 fully saturated rings. The Morgan fingerprint density at radius 2 is 2.00 bits per heavy atom. The van der Waals surface area contributed by atoms with Gasteiger partial charge in [0.25, 0.3) is 0 Å². The van der Waals surface area contributed by atoms with Gasteiger partial charge in [-0.25, -0.2) is 8.42 Å². The SMILES string of the molecule is C[S+]([O-])NC1(CN)CCC(S(C)(=O)=O)CC1. The maximum Gasteiger partial charge on any atom is 0.150 e. The minimum Gasteiger partial charge on any atom is -0.598 e. The predicted molar refractivity (Wildman–Crippen MR) is 66.1 cm³/mol. The van der Waals surface area contributed by atoms with Crippen molar-refractivity contribution in [3.05, 3.63) is 0 Å². The van der Waals surface area contributed by atoms with E-state index in [-0.39, 0.29) is 10.8 Å². The van der Waals surface area contributed by atoms with Crippen molar-refractivity contribution in [2.75, 3.05) is 19.1 Å². The topological polar surface area (TPSA) is 95.2 Å². The lowest BCUT2D eigenvalue weighted by Gasteiger charge is -2.38. The second-order valence-electron chi connectivity index (χ2n) is 4.57. The molecule has 7 heteroatoms. The van der Waals surface area contributed by atoms with E-state index in [2.05, 4.69) is 4.72 Å². The number of nitrogens with one attached hydrogen (secondary N) is 1. The summed E-state index contributed by atoms with van der Waals surface area (Å²) in [6.07, 6.45) is 5.38. The van der Waals surface area contributed by atoms with Crippen LogP contribution >= 0.6 is 0 Å². The molecule has 0 radical (unpaired) electrons. The van der Waals surface area contributed by atoms with Gasteiger partial charge in [0.1, 0.15) is 16.1 Å². The summed E-state index contributed by atoms with van der Waals surface area (Å²) in [5.74, 6) is 0. The number of rotatable bonds is 4. The third-order valence-corrected chi connectivity index (χ3v) is 5.65. The lowest BCUT2D eigenvalue weighted by molar-refractivity contribution is 0.278. The Kier molecular flexibility index (Phi) is 4.65. The Morgan fingerprint density at radius 1 is 1.50 bits per heavy atom. The first kappa shape index (κ1) is 14.2. The van der Waals surface area contributed by atoms with Crippen LogP contribution in [0.25, 0.3) is 0 Å². The van der Waals surface area contributed by atoms with E-state index in [0.717, 1.165) is 0 Å². The molecule has 0 bridgehead atoms. The molecule has 1 saturated carbocycles. The number of hydrogen-bond acceptors (Lipinski definition) is 5. The van der Waals surface area contributed by atoms with Crippen molar-refractivity contribution in [3.8, 4) is 0 Å². The van der Waals surface area contributed by atoms with Gasteiger partial charge in [-0.1, -0.05) is 0 Å². The van der Waals surface area contributed by atoms with E-state index in [4.69, 9.17) is 5.73 Å². The van der Waals surface area contributed by atoms with Crippen molar-refractivity contribution in [1.29, 1.82) is 0 Å². The summed E-state index contributed by atoms with van der Waals surface area (Å²) < 4.78 is 36.9. The maximum absolute atomic E-state index is 11.4. The minimum atomic E-state index is -2.96. The van der Waals surface area contributed by atoms with Gasteiger partial charge in [0.05, 0.1) is 10.8 Å². The fourth-order valence-corrected chi connectivity index (χ4v) is 4.21. The summed E-state index contributed by atoms with van der Waals surface area (Å²) in [5.41, 5.74) is 5.35. The van der Waals surface area contributed by atoms with Crippen LogP contribution in [0.5, 0.6) is 0 Å². The Morgan fingerprint density at radius 3 is 2.31 bits per heavy atom. The van der Waals surface area contributed by atoms with Crippen LogP contribution in [0.3, 0.4) is 0 Å². The molecule has 1 aliphatic carbocycles. The number of sulfone groups is 1. The van der Waals surface area contributed by atoms with Crippen LogP contribution in [0.1, 0.15) is 25.7 Å². The zero-order chi connectivity index (χ0) is 12.4. The van der Waals surface area contributed by atoms with Gasteiger partial charge in [0, 0.05) is 24.2 Å². The first-order valence-corrected chi connectivity index (χ1v) is 8.80.